The quantitative estimate of drug-likeness (QED) is 0.754. The summed E-state index contributed by atoms with van der Waals surface area (Å²) in [6, 6.07) is 4.46. The fourth-order valence-corrected chi connectivity index (χ4v) is 4.93. The summed E-state index contributed by atoms with van der Waals surface area (Å²) in [6.07, 6.45) is 3.12. The lowest BCUT2D eigenvalue weighted by Crippen LogP contribution is -2.48. The van der Waals surface area contributed by atoms with Crippen LogP contribution >= 0.6 is 24.0 Å². The number of halogens is 2. The molecule has 0 bridgehead atoms. The topological polar surface area (TPSA) is 92.5 Å². The lowest BCUT2D eigenvalue weighted by Gasteiger charge is -2.23. The van der Waals surface area contributed by atoms with E-state index in [0.29, 0.717) is 31.6 Å². The standard InChI is InChI=1S/C16H24ClN3O3S.ClH/c1-3-20(4-2)24(22,23)14-11-12(7-8-13(14)17)19-15(21)16(18)9-5-6-10-16;/h7-8,11H,3-6,9-10,18H2,1-2H3,(H,19,21);1H. The maximum atomic E-state index is 12.7. The summed E-state index contributed by atoms with van der Waals surface area (Å²) in [5.41, 5.74) is 5.63. The van der Waals surface area contributed by atoms with Crippen LogP contribution in [0.2, 0.25) is 5.02 Å². The van der Waals surface area contributed by atoms with Crippen molar-refractivity contribution in [2.75, 3.05) is 18.4 Å². The number of rotatable bonds is 6. The van der Waals surface area contributed by atoms with E-state index in [0.717, 1.165) is 12.8 Å². The van der Waals surface area contributed by atoms with Crippen molar-refractivity contribution >= 4 is 45.6 Å². The van der Waals surface area contributed by atoms with Gasteiger partial charge in [0.2, 0.25) is 15.9 Å². The second-order valence-corrected chi connectivity index (χ2v) is 8.37. The molecule has 1 aliphatic rings. The predicted octanol–water partition coefficient (Wildman–Crippen LogP) is 3.00. The third kappa shape index (κ3) is 4.65. The minimum Gasteiger partial charge on any atom is -0.324 e. The van der Waals surface area contributed by atoms with Gasteiger partial charge in [-0.1, -0.05) is 38.3 Å². The SMILES string of the molecule is CCN(CC)S(=O)(=O)c1cc(NC(=O)C2(N)CCCC2)ccc1Cl.Cl. The number of carbonyl (C=O) groups is 1. The van der Waals surface area contributed by atoms with Gasteiger partial charge in [-0.25, -0.2) is 8.42 Å². The van der Waals surface area contributed by atoms with Crippen LogP contribution in [0.1, 0.15) is 39.5 Å². The third-order valence-corrected chi connectivity index (χ3v) is 6.99. The molecule has 3 N–H and O–H groups in total. The first-order valence-electron chi connectivity index (χ1n) is 8.14. The summed E-state index contributed by atoms with van der Waals surface area (Å²) in [7, 11) is -3.71. The molecule has 9 heteroatoms. The van der Waals surface area contributed by atoms with Crippen LogP contribution in [0.3, 0.4) is 0 Å². The van der Waals surface area contributed by atoms with Gasteiger partial charge in [0.15, 0.2) is 0 Å². The smallest absolute Gasteiger partial charge is 0.244 e. The molecule has 0 saturated heterocycles. The van der Waals surface area contributed by atoms with Gasteiger partial charge < -0.3 is 11.1 Å². The van der Waals surface area contributed by atoms with Crippen LogP contribution in [0.5, 0.6) is 0 Å². The molecule has 0 radical (unpaired) electrons. The number of carbonyl (C=O) groups excluding carboxylic acids is 1. The number of sulfonamides is 1. The molecule has 0 aliphatic heterocycles. The number of nitrogens with zero attached hydrogens (tertiary/aromatic N) is 1. The van der Waals surface area contributed by atoms with E-state index in [4.69, 9.17) is 17.3 Å². The second kappa shape index (κ2) is 8.68. The molecule has 0 aromatic heterocycles. The molecule has 0 heterocycles. The third-order valence-electron chi connectivity index (χ3n) is 4.46. The summed E-state index contributed by atoms with van der Waals surface area (Å²) >= 11 is 6.09. The zero-order valence-corrected chi connectivity index (χ0v) is 16.8. The Balaban J connectivity index is 0.00000312. The van der Waals surface area contributed by atoms with E-state index in [-0.39, 0.29) is 28.2 Å². The highest BCUT2D eigenvalue weighted by Crippen LogP contribution is 2.31. The molecule has 1 aromatic rings. The van der Waals surface area contributed by atoms with Gasteiger partial charge in [-0.2, -0.15) is 4.31 Å². The molecule has 25 heavy (non-hydrogen) atoms. The lowest BCUT2D eigenvalue weighted by atomic mass is 9.98. The molecule has 1 saturated carbocycles. The highest BCUT2D eigenvalue weighted by molar-refractivity contribution is 7.89. The molecule has 0 unspecified atom stereocenters. The molecule has 1 amide bonds. The fourth-order valence-electron chi connectivity index (χ4n) is 2.97. The maximum Gasteiger partial charge on any atom is 0.244 e. The summed E-state index contributed by atoms with van der Waals surface area (Å²) in [5.74, 6) is -0.284. The van der Waals surface area contributed by atoms with Gasteiger partial charge in [0.25, 0.3) is 0 Å². The van der Waals surface area contributed by atoms with Crippen molar-refractivity contribution in [1.82, 2.24) is 4.31 Å². The van der Waals surface area contributed by atoms with Crippen LogP contribution in [-0.2, 0) is 14.8 Å². The van der Waals surface area contributed by atoms with Gasteiger partial charge in [0, 0.05) is 18.8 Å². The first kappa shape index (κ1) is 22.2. The maximum absolute atomic E-state index is 12.7. The summed E-state index contributed by atoms with van der Waals surface area (Å²) < 4.78 is 26.7. The molecule has 0 spiro atoms. The van der Waals surface area contributed by atoms with Crippen LogP contribution in [0.4, 0.5) is 5.69 Å². The number of nitrogens with one attached hydrogen (secondary N) is 1. The number of amides is 1. The normalized spacial score (nSPS) is 16.5. The molecule has 1 aromatic carbocycles. The number of nitrogens with two attached hydrogens (primary N) is 1. The van der Waals surface area contributed by atoms with E-state index in [1.165, 1.54) is 16.4 Å². The molecule has 6 nitrogen and oxygen atoms in total. The first-order valence-corrected chi connectivity index (χ1v) is 9.96. The van der Waals surface area contributed by atoms with Crippen LogP contribution in [0, 0.1) is 0 Å². The summed E-state index contributed by atoms with van der Waals surface area (Å²) in [5, 5.41) is 2.86. The van der Waals surface area contributed by atoms with Gasteiger partial charge in [-0.05, 0) is 31.0 Å². The van der Waals surface area contributed by atoms with Crippen molar-refractivity contribution < 1.29 is 13.2 Å². The minimum absolute atomic E-state index is 0. The number of hydrogen-bond donors (Lipinski definition) is 2. The Morgan fingerprint density at radius 2 is 1.84 bits per heavy atom. The van der Waals surface area contributed by atoms with E-state index in [9.17, 15) is 13.2 Å². The van der Waals surface area contributed by atoms with Crippen LogP contribution in [0.15, 0.2) is 23.1 Å². The van der Waals surface area contributed by atoms with E-state index >= 15 is 0 Å². The van der Waals surface area contributed by atoms with Crippen LogP contribution in [-0.4, -0.2) is 37.3 Å². The Hall–Kier alpha value is -0.860. The van der Waals surface area contributed by atoms with Gasteiger partial charge in [-0.3, -0.25) is 4.79 Å². The molecular weight excluding hydrogens is 385 g/mol. The average molecular weight is 410 g/mol. The van der Waals surface area contributed by atoms with Crippen LogP contribution in [0.25, 0.3) is 0 Å². The number of anilines is 1. The zero-order valence-electron chi connectivity index (χ0n) is 14.4. The second-order valence-electron chi connectivity index (χ2n) is 6.05. The Bertz CT molecular complexity index is 715. The lowest BCUT2D eigenvalue weighted by molar-refractivity contribution is -0.121. The Labute approximate surface area is 160 Å². The number of benzene rings is 1. The first-order chi connectivity index (χ1) is 11.2. The number of hydrogen-bond acceptors (Lipinski definition) is 4. The molecule has 1 fully saturated rings. The molecule has 1 aliphatic carbocycles. The van der Waals surface area contributed by atoms with E-state index < -0.39 is 15.6 Å². The van der Waals surface area contributed by atoms with Gasteiger partial charge in [0.05, 0.1) is 10.6 Å². The molecular formula is C16H25Cl2N3O3S. The molecule has 2 rings (SSSR count). The van der Waals surface area contributed by atoms with Crippen LogP contribution < -0.4 is 11.1 Å². The van der Waals surface area contributed by atoms with Crippen molar-refractivity contribution in [2.24, 2.45) is 5.73 Å². The van der Waals surface area contributed by atoms with Gasteiger partial charge in [-0.15, -0.1) is 12.4 Å². The highest BCUT2D eigenvalue weighted by atomic mass is 35.5. The van der Waals surface area contributed by atoms with E-state index in [1.807, 2.05) is 0 Å². The minimum atomic E-state index is -3.71. The largest absolute Gasteiger partial charge is 0.324 e. The average Bonchev–Trinajstić information content (AvgIpc) is 2.98. The summed E-state index contributed by atoms with van der Waals surface area (Å²) in [6.45, 7) is 4.22. The fraction of sp³-hybridized carbons (Fsp3) is 0.562. The Morgan fingerprint density at radius 1 is 1.28 bits per heavy atom. The van der Waals surface area contributed by atoms with Gasteiger partial charge >= 0.3 is 0 Å². The van der Waals surface area contributed by atoms with Crippen molar-refractivity contribution in [3.8, 4) is 0 Å². The zero-order chi connectivity index (χ0) is 18.0. The monoisotopic (exact) mass is 409 g/mol. The van der Waals surface area contributed by atoms with Crippen molar-refractivity contribution in [3.05, 3.63) is 23.2 Å². The van der Waals surface area contributed by atoms with Gasteiger partial charge in [0.1, 0.15) is 4.90 Å². The Morgan fingerprint density at radius 3 is 2.36 bits per heavy atom. The van der Waals surface area contributed by atoms with Crippen molar-refractivity contribution in [3.63, 3.8) is 0 Å². The van der Waals surface area contributed by atoms with E-state index in [1.54, 1.807) is 19.9 Å². The summed E-state index contributed by atoms with van der Waals surface area (Å²) in [4.78, 5) is 12.4. The molecule has 142 valence electrons. The highest BCUT2D eigenvalue weighted by Gasteiger charge is 2.37. The van der Waals surface area contributed by atoms with Crippen molar-refractivity contribution in [1.29, 1.82) is 0 Å². The van der Waals surface area contributed by atoms with E-state index in [2.05, 4.69) is 5.32 Å². The van der Waals surface area contributed by atoms with Crippen molar-refractivity contribution in [2.45, 2.75) is 50.0 Å². The predicted molar refractivity (Wildman–Crippen MR) is 103 cm³/mol. The molecule has 0 atom stereocenters. The Kier molecular flexibility index (Phi) is 7.71.